The van der Waals surface area contributed by atoms with E-state index >= 15 is 0 Å². The zero-order valence-electron chi connectivity index (χ0n) is 15.8. The fourth-order valence-corrected chi connectivity index (χ4v) is 3.53. The molecule has 4 nitrogen and oxygen atoms in total. The van der Waals surface area contributed by atoms with Crippen molar-refractivity contribution >= 4 is 16.7 Å². The topological polar surface area (TPSA) is 52.1 Å². The van der Waals surface area contributed by atoms with Gasteiger partial charge in [0.15, 0.2) is 5.69 Å². The third-order valence-electron chi connectivity index (χ3n) is 4.92. The third kappa shape index (κ3) is 3.14. The highest BCUT2D eigenvalue weighted by molar-refractivity contribution is 6.07. The normalized spacial score (nSPS) is 11.9. The Kier molecular flexibility index (Phi) is 4.85. The fourth-order valence-electron chi connectivity index (χ4n) is 3.53. The number of methoxy groups -OCH3 is 1. The Morgan fingerprint density at radius 1 is 0.893 bits per heavy atom. The van der Waals surface area contributed by atoms with Crippen LogP contribution in [-0.2, 0) is 4.74 Å². The molecule has 0 saturated carbocycles. The minimum absolute atomic E-state index is 0.0701. The molecule has 0 aliphatic heterocycles. The first kappa shape index (κ1) is 17.9. The number of fused-ring (bicyclic) bond motifs is 1. The van der Waals surface area contributed by atoms with Crippen molar-refractivity contribution in [3.63, 3.8) is 0 Å². The van der Waals surface area contributed by atoms with Gasteiger partial charge in [-0.1, -0.05) is 67.6 Å². The first-order chi connectivity index (χ1) is 13.7. The van der Waals surface area contributed by atoms with Gasteiger partial charge < -0.3 is 4.74 Å². The number of esters is 1. The Labute approximate surface area is 163 Å². The van der Waals surface area contributed by atoms with E-state index in [2.05, 4.69) is 11.9 Å². The highest BCUT2D eigenvalue weighted by Crippen LogP contribution is 2.36. The van der Waals surface area contributed by atoms with Crippen LogP contribution in [-0.4, -0.2) is 23.0 Å². The molecule has 0 amide bonds. The van der Waals surface area contributed by atoms with Gasteiger partial charge in [0, 0.05) is 28.8 Å². The molecule has 0 spiro atoms. The van der Waals surface area contributed by atoms with E-state index in [1.54, 1.807) is 6.20 Å². The maximum atomic E-state index is 12.7. The van der Waals surface area contributed by atoms with Crippen LogP contribution in [0.1, 0.15) is 34.7 Å². The van der Waals surface area contributed by atoms with E-state index in [4.69, 9.17) is 9.72 Å². The van der Waals surface area contributed by atoms with E-state index < -0.39 is 5.97 Å². The van der Waals surface area contributed by atoms with Crippen LogP contribution in [0.5, 0.6) is 0 Å². The zero-order valence-corrected chi connectivity index (χ0v) is 15.8. The second kappa shape index (κ2) is 7.61. The first-order valence-electron chi connectivity index (χ1n) is 9.18. The van der Waals surface area contributed by atoms with Crippen LogP contribution in [0.4, 0.5) is 0 Å². The van der Waals surface area contributed by atoms with Crippen molar-refractivity contribution in [1.82, 2.24) is 9.97 Å². The van der Waals surface area contributed by atoms with Gasteiger partial charge in [-0.15, -0.1) is 0 Å². The van der Waals surface area contributed by atoms with Crippen molar-refractivity contribution in [3.05, 3.63) is 96.1 Å². The first-order valence-corrected chi connectivity index (χ1v) is 9.18. The Bertz CT molecular complexity index is 1130. The van der Waals surface area contributed by atoms with Crippen molar-refractivity contribution in [1.29, 1.82) is 0 Å². The summed E-state index contributed by atoms with van der Waals surface area (Å²) in [6.45, 7) is 2.06. The molecule has 4 rings (SSSR count). The molecule has 0 aliphatic rings. The highest BCUT2D eigenvalue weighted by atomic mass is 16.5. The van der Waals surface area contributed by atoms with Crippen LogP contribution in [0, 0.1) is 0 Å². The van der Waals surface area contributed by atoms with Crippen LogP contribution in [0.2, 0.25) is 0 Å². The largest absolute Gasteiger partial charge is 0.464 e. The van der Waals surface area contributed by atoms with E-state index in [9.17, 15) is 4.79 Å². The average Bonchev–Trinajstić information content (AvgIpc) is 2.78. The smallest absolute Gasteiger partial charge is 0.357 e. The molecule has 0 fully saturated rings. The maximum Gasteiger partial charge on any atom is 0.357 e. The molecule has 1 atom stereocenters. The molecular weight excluding hydrogens is 348 g/mol. The number of hydrogen-bond donors (Lipinski definition) is 0. The van der Waals surface area contributed by atoms with Crippen molar-refractivity contribution in [2.75, 3.05) is 7.11 Å². The summed E-state index contributed by atoms with van der Waals surface area (Å²) < 4.78 is 5.07. The van der Waals surface area contributed by atoms with Gasteiger partial charge in [0.05, 0.1) is 12.8 Å². The summed E-state index contributed by atoms with van der Waals surface area (Å²) in [4.78, 5) is 22.0. The van der Waals surface area contributed by atoms with E-state index in [1.165, 1.54) is 7.11 Å². The highest BCUT2D eigenvalue weighted by Gasteiger charge is 2.24. The lowest BCUT2D eigenvalue weighted by atomic mass is 9.91. The molecule has 0 saturated heterocycles. The molecule has 28 heavy (non-hydrogen) atoms. The Hall–Kier alpha value is -3.53. The minimum Gasteiger partial charge on any atom is -0.464 e. The summed E-state index contributed by atoms with van der Waals surface area (Å²) in [5, 5.41) is 1.98. The number of carbonyl (C=O) groups is 1. The number of pyridine rings is 2. The molecule has 2 aromatic carbocycles. The van der Waals surface area contributed by atoms with Crippen molar-refractivity contribution in [3.8, 4) is 11.1 Å². The summed E-state index contributed by atoms with van der Waals surface area (Å²) in [6.07, 6.45) is 1.77. The standard InChI is InChI=1S/C24H20N2O2/c1-16(20-14-8-9-15-25-20)22-19-13-7-6-12-18(19)21(17-10-4-3-5-11-17)23(26-22)24(27)28-2/h3-16H,1-2H3/t16-/m0/s1. The lowest BCUT2D eigenvalue weighted by molar-refractivity contribution is 0.0595. The summed E-state index contributed by atoms with van der Waals surface area (Å²) in [7, 11) is 1.38. The van der Waals surface area contributed by atoms with Crippen LogP contribution >= 0.6 is 0 Å². The van der Waals surface area contributed by atoms with Gasteiger partial charge in [0.2, 0.25) is 0 Å². The van der Waals surface area contributed by atoms with Crippen LogP contribution < -0.4 is 0 Å². The summed E-state index contributed by atoms with van der Waals surface area (Å²) in [5.41, 5.74) is 3.77. The number of hydrogen-bond acceptors (Lipinski definition) is 4. The van der Waals surface area contributed by atoms with Crippen molar-refractivity contribution in [2.24, 2.45) is 0 Å². The van der Waals surface area contributed by atoms with Crippen molar-refractivity contribution < 1.29 is 9.53 Å². The third-order valence-corrected chi connectivity index (χ3v) is 4.92. The quantitative estimate of drug-likeness (QED) is 0.463. The zero-order chi connectivity index (χ0) is 19.5. The summed E-state index contributed by atoms with van der Waals surface area (Å²) in [6, 6.07) is 23.7. The van der Waals surface area contributed by atoms with E-state index in [0.717, 1.165) is 33.3 Å². The number of ether oxygens (including phenoxy) is 1. The molecule has 0 radical (unpaired) electrons. The number of benzene rings is 2. The molecule has 0 unspecified atom stereocenters. The second-order valence-corrected chi connectivity index (χ2v) is 6.60. The predicted molar refractivity (Wildman–Crippen MR) is 110 cm³/mol. The van der Waals surface area contributed by atoms with Gasteiger partial charge >= 0.3 is 5.97 Å². The minimum atomic E-state index is -0.445. The van der Waals surface area contributed by atoms with Crippen LogP contribution in [0.15, 0.2) is 79.0 Å². The van der Waals surface area contributed by atoms with Crippen molar-refractivity contribution in [2.45, 2.75) is 12.8 Å². The van der Waals surface area contributed by atoms with Gasteiger partial charge in [0.1, 0.15) is 0 Å². The molecule has 2 heterocycles. The van der Waals surface area contributed by atoms with Gasteiger partial charge in [-0.2, -0.15) is 0 Å². The second-order valence-electron chi connectivity index (χ2n) is 6.60. The van der Waals surface area contributed by atoms with Gasteiger partial charge in [0.25, 0.3) is 0 Å². The van der Waals surface area contributed by atoms with Gasteiger partial charge in [-0.05, 0) is 23.1 Å². The van der Waals surface area contributed by atoms with E-state index in [0.29, 0.717) is 5.69 Å². The average molecular weight is 368 g/mol. The predicted octanol–water partition coefficient (Wildman–Crippen LogP) is 5.24. The summed E-state index contributed by atoms with van der Waals surface area (Å²) >= 11 is 0. The SMILES string of the molecule is COC(=O)c1nc([C@@H](C)c2ccccn2)c2ccccc2c1-c1ccccc1. The summed E-state index contributed by atoms with van der Waals surface area (Å²) in [5.74, 6) is -0.515. The van der Waals surface area contributed by atoms with Gasteiger partial charge in [-0.3, -0.25) is 4.98 Å². The molecule has 4 heteroatoms. The molecule has 0 N–H and O–H groups in total. The fraction of sp³-hybridized carbons (Fsp3) is 0.125. The Morgan fingerprint density at radius 2 is 1.57 bits per heavy atom. The monoisotopic (exact) mass is 368 g/mol. The molecular formula is C24H20N2O2. The molecule has 0 aliphatic carbocycles. The Balaban J connectivity index is 2.05. The van der Waals surface area contributed by atoms with Crippen LogP contribution in [0.3, 0.4) is 0 Å². The maximum absolute atomic E-state index is 12.7. The lowest BCUT2D eigenvalue weighted by Gasteiger charge is -2.18. The molecule has 138 valence electrons. The van der Waals surface area contributed by atoms with E-state index in [-0.39, 0.29) is 5.92 Å². The number of aromatic nitrogens is 2. The lowest BCUT2D eigenvalue weighted by Crippen LogP contribution is -2.12. The van der Waals surface area contributed by atoms with E-state index in [1.807, 2.05) is 72.8 Å². The number of carbonyl (C=O) groups excluding carboxylic acids is 1. The van der Waals surface area contributed by atoms with Gasteiger partial charge in [-0.25, -0.2) is 9.78 Å². The van der Waals surface area contributed by atoms with Crippen LogP contribution in [0.25, 0.3) is 21.9 Å². The number of nitrogens with zero attached hydrogens (tertiary/aromatic N) is 2. The molecule has 2 aromatic heterocycles. The molecule has 4 aromatic rings. The Morgan fingerprint density at radius 3 is 2.25 bits per heavy atom. The number of rotatable bonds is 4. The molecule has 0 bridgehead atoms.